The highest BCUT2D eigenvalue weighted by molar-refractivity contribution is 5.79. The number of nitrogens with one attached hydrogen (secondary N) is 1. The number of nitrogens with zero attached hydrogens (tertiary/aromatic N) is 4. The highest BCUT2D eigenvalue weighted by Crippen LogP contribution is 2.18. The minimum Gasteiger partial charge on any atom is -0.508 e. The van der Waals surface area contributed by atoms with E-state index in [1.165, 1.54) is 5.56 Å². The second-order valence-corrected chi connectivity index (χ2v) is 6.88. The highest BCUT2D eigenvalue weighted by Gasteiger charge is 2.15. The Labute approximate surface area is 156 Å². The van der Waals surface area contributed by atoms with Crippen LogP contribution < -0.4 is 5.32 Å². The molecule has 0 amide bonds. The van der Waals surface area contributed by atoms with Gasteiger partial charge < -0.3 is 15.3 Å². The van der Waals surface area contributed by atoms with Crippen molar-refractivity contribution in [3.05, 3.63) is 47.3 Å². The summed E-state index contributed by atoms with van der Waals surface area (Å²) in [7, 11) is 4.01. The third-order valence-electron chi connectivity index (χ3n) is 4.16. The van der Waals surface area contributed by atoms with E-state index in [0.29, 0.717) is 18.2 Å². The number of aryl methyl sites for hydroxylation is 1. The molecule has 6 heteroatoms. The van der Waals surface area contributed by atoms with E-state index in [-0.39, 0.29) is 0 Å². The summed E-state index contributed by atoms with van der Waals surface area (Å²) in [6, 6.07) is 7.35. The summed E-state index contributed by atoms with van der Waals surface area (Å²) in [4.78, 5) is 6.87. The van der Waals surface area contributed by atoms with Gasteiger partial charge in [0.05, 0.1) is 5.69 Å². The van der Waals surface area contributed by atoms with Crippen molar-refractivity contribution in [1.29, 1.82) is 0 Å². The fourth-order valence-electron chi connectivity index (χ4n) is 2.97. The van der Waals surface area contributed by atoms with Gasteiger partial charge in [-0.05, 0) is 37.0 Å². The molecule has 0 aliphatic heterocycles. The van der Waals surface area contributed by atoms with Gasteiger partial charge >= 0.3 is 0 Å². The van der Waals surface area contributed by atoms with E-state index < -0.39 is 0 Å². The van der Waals surface area contributed by atoms with Gasteiger partial charge in [0.15, 0.2) is 5.96 Å². The summed E-state index contributed by atoms with van der Waals surface area (Å²) in [6.07, 6.45) is 2.88. The van der Waals surface area contributed by atoms with Crippen LogP contribution in [0.15, 0.2) is 35.5 Å². The first-order valence-corrected chi connectivity index (χ1v) is 9.20. The van der Waals surface area contributed by atoms with Crippen molar-refractivity contribution >= 4 is 5.96 Å². The molecule has 0 bridgehead atoms. The van der Waals surface area contributed by atoms with E-state index in [4.69, 9.17) is 4.99 Å². The van der Waals surface area contributed by atoms with Gasteiger partial charge in [0.25, 0.3) is 0 Å². The molecule has 26 heavy (non-hydrogen) atoms. The maximum atomic E-state index is 9.57. The lowest BCUT2D eigenvalue weighted by atomic mass is 10.1. The number of aromatic hydroxyl groups is 1. The predicted molar refractivity (Wildman–Crippen MR) is 107 cm³/mol. The smallest absolute Gasteiger partial charge is 0.193 e. The molecule has 0 saturated carbocycles. The number of phenolic OH excluding ortho intramolecular Hbond substituents is 1. The van der Waals surface area contributed by atoms with Crippen LogP contribution >= 0.6 is 0 Å². The third-order valence-corrected chi connectivity index (χ3v) is 4.16. The molecule has 142 valence electrons. The van der Waals surface area contributed by atoms with E-state index in [1.807, 2.05) is 30.9 Å². The molecule has 1 aromatic carbocycles. The van der Waals surface area contributed by atoms with Gasteiger partial charge in [-0.25, -0.2) is 0 Å². The number of benzene rings is 1. The second-order valence-electron chi connectivity index (χ2n) is 6.88. The fraction of sp³-hybridized carbons (Fsp3) is 0.500. The fourth-order valence-corrected chi connectivity index (χ4v) is 2.97. The van der Waals surface area contributed by atoms with Gasteiger partial charge in [-0.2, -0.15) is 5.10 Å². The molecule has 1 heterocycles. The molecule has 0 spiro atoms. The first kappa shape index (κ1) is 19.8. The quantitative estimate of drug-likeness (QED) is 0.591. The van der Waals surface area contributed by atoms with Gasteiger partial charge in [0.1, 0.15) is 5.75 Å². The second kappa shape index (κ2) is 9.27. The van der Waals surface area contributed by atoms with Crippen LogP contribution in [0.2, 0.25) is 0 Å². The number of rotatable bonds is 7. The molecule has 0 aliphatic rings. The Morgan fingerprint density at radius 1 is 1.38 bits per heavy atom. The highest BCUT2D eigenvalue weighted by atomic mass is 16.3. The van der Waals surface area contributed by atoms with Crippen LogP contribution in [0.5, 0.6) is 5.75 Å². The number of aliphatic imine (C=N–C) groups is 1. The van der Waals surface area contributed by atoms with Crippen LogP contribution in [-0.4, -0.2) is 45.9 Å². The van der Waals surface area contributed by atoms with Crippen LogP contribution in [0.4, 0.5) is 0 Å². The van der Waals surface area contributed by atoms with E-state index in [9.17, 15) is 5.11 Å². The zero-order valence-electron chi connectivity index (χ0n) is 16.5. The van der Waals surface area contributed by atoms with Crippen molar-refractivity contribution in [3.8, 4) is 5.75 Å². The Morgan fingerprint density at radius 3 is 2.81 bits per heavy atom. The minimum absolute atomic E-state index is 0.299. The van der Waals surface area contributed by atoms with Crippen LogP contribution in [0.25, 0.3) is 0 Å². The van der Waals surface area contributed by atoms with Crippen LogP contribution in [-0.2, 0) is 20.0 Å². The van der Waals surface area contributed by atoms with Gasteiger partial charge in [0, 0.05) is 45.5 Å². The van der Waals surface area contributed by atoms with Crippen molar-refractivity contribution < 1.29 is 5.11 Å². The van der Waals surface area contributed by atoms with E-state index in [2.05, 4.69) is 42.3 Å². The molecule has 0 unspecified atom stereocenters. The molecule has 2 N–H and O–H groups in total. The maximum absolute atomic E-state index is 9.57. The number of hydrogen-bond donors (Lipinski definition) is 2. The van der Waals surface area contributed by atoms with Crippen molar-refractivity contribution in [1.82, 2.24) is 20.0 Å². The van der Waals surface area contributed by atoms with E-state index in [0.717, 1.165) is 36.7 Å². The van der Waals surface area contributed by atoms with Crippen molar-refractivity contribution in [2.24, 2.45) is 12.0 Å². The lowest BCUT2D eigenvalue weighted by Crippen LogP contribution is -2.38. The zero-order chi connectivity index (χ0) is 19.1. The minimum atomic E-state index is 0.299. The summed E-state index contributed by atoms with van der Waals surface area (Å²) in [6.45, 7) is 8.65. The summed E-state index contributed by atoms with van der Waals surface area (Å²) in [5.74, 6) is 1.57. The Bertz CT molecular complexity index is 736. The molecule has 0 radical (unpaired) electrons. The predicted octanol–water partition coefficient (Wildman–Crippen LogP) is 2.89. The van der Waals surface area contributed by atoms with Crippen LogP contribution in [0, 0.1) is 0 Å². The molecule has 2 aromatic rings. The Morgan fingerprint density at radius 2 is 2.15 bits per heavy atom. The SMILES string of the molecule is CCNC(=NCCc1cccc(O)c1)N(C)Cc1cn(C)nc1C(C)C. The summed E-state index contributed by atoms with van der Waals surface area (Å²) < 4.78 is 1.88. The summed E-state index contributed by atoms with van der Waals surface area (Å²) in [5, 5.41) is 17.5. The van der Waals surface area contributed by atoms with Gasteiger partial charge in [0.2, 0.25) is 0 Å². The maximum Gasteiger partial charge on any atom is 0.193 e. The molecule has 0 saturated heterocycles. The first-order valence-electron chi connectivity index (χ1n) is 9.20. The van der Waals surface area contributed by atoms with Gasteiger partial charge in [-0.15, -0.1) is 0 Å². The Hall–Kier alpha value is -2.50. The van der Waals surface area contributed by atoms with Crippen molar-refractivity contribution in [2.75, 3.05) is 20.1 Å². The molecule has 1 aromatic heterocycles. The largest absolute Gasteiger partial charge is 0.508 e. The number of hydrogen-bond acceptors (Lipinski definition) is 3. The number of phenols is 1. The number of guanidine groups is 1. The standard InChI is InChI=1S/C20H31N5O/c1-6-21-20(22-11-10-16-8-7-9-18(26)12-16)24(4)13-17-14-25(5)23-19(17)15(2)3/h7-9,12,14-15,26H,6,10-11,13H2,1-5H3,(H,21,22). The molecule has 6 nitrogen and oxygen atoms in total. The van der Waals surface area contributed by atoms with Crippen LogP contribution in [0.1, 0.15) is 43.5 Å². The lowest BCUT2D eigenvalue weighted by molar-refractivity contribution is 0.472. The lowest BCUT2D eigenvalue weighted by Gasteiger charge is -2.22. The molecule has 0 aliphatic carbocycles. The Kier molecular flexibility index (Phi) is 7.06. The van der Waals surface area contributed by atoms with Crippen molar-refractivity contribution in [3.63, 3.8) is 0 Å². The monoisotopic (exact) mass is 357 g/mol. The molecular weight excluding hydrogens is 326 g/mol. The van der Waals surface area contributed by atoms with E-state index in [1.54, 1.807) is 12.1 Å². The van der Waals surface area contributed by atoms with Gasteiger partial charge in [-0.1, -0.05) is 26.0 Å². The zero-order valence-corrected chi connectivity index (χ0v) is 16.5. The normalized spacial score (nSPS) is 11.8. The molecule has 2 rings (SSSR count). The Balaban J connectivity index is 2.05. The van der Waals surface area contributed by atoms with Gasteiger partial charge in [-0.3, -0.25) is 9.67 Å². The average Bonchev–Trinajstić information content (AvgIpc) is 2.94. The first-order chi connectivity index (χ1) is 12.4. The average molecular weight is 358 g/mol. The third kappa shape index (κ3) is 5.51. The number of aromatic nitrogens is 2. The van der Waals surface area contributed by atoms with Crippen molar-refractivity contribution in [2.45, 2.75) is 39.7 Å². The topological polar surface area (TPSA) is 65.7 Å². The molecule has 0 atom stereocenters. The van der Waals surface area contributed by atoms with Crippen LogP contribution in [0.3, 0.4) is 0 Å². The molecule has 0 fully saturated rings. The summed E-state index contributed by atoms with van der Waals surface area (Å²) in [5.41, 5.74) is 3.44. The summed E-state index contributed by atoms with van der Waals surface area (Å²) >= 11 is 0. The van der Waals surface area contributed by atoms with E-state index >= 15 is 0 Å². The molecular formula is C20H31N5O.